The first-order valence-electron chi connectivity index (χ1n) is 7.80. The lowest BCUT2D eigenvalue weighted by Crippen LogP contribution is -2.50. The number of rotatable bonds is 5. The van der Waals surface area contributed by atoms with Crippen LogP contribution in [0.1, 0.15) is 64.0 Å². The maximum atomic E-state index is 10.2. The van der Waals surface area contributed by atoms with E-state index in [1.165, 1.54) is 11.1 Å². The molecule has 0 aliphatic heterocycles. The van der Waals surface area contributed by atoms with Gasteiger partial charge in [-0.05, 0) is 48.6 Å². The van der Waals surface area contributed by atoms with Crippen molar-refractivity contribution in [2.75, 3.05) is 0 Å². The second-order valence-electron chi connectivity index (χ2n) is 6.58. The topological polar surface area (TPSA) is 20.2 Å². The van der Waals surface area contributed by atoms with Gasteiger partial charge in [-0.2, -0.15) is 0 Å². The van der Waals surface area contributed by atoms with Crippen LogP contribution in [-0.4, -0.2) is 11.2 Å². The fourth-order valence-corrected chi connectivity index (χ4v) is 3.80. The molecule has 0 saturated heterocycles. The summed E-state index contributed by atoms with van der Waals surface area (Å²) in [5.74, 6) is 1.26. The lowest BCUT2D eigenvalue weighted by atomic mass is 9.53. The van der Waals surface area contributed by atoms with Crippen molar-refractivity contribution in [1.29, 1.82) is 0 Å². The Morgan fingerprint density at radius 3 is 2.16 bits per heavy atom. The van der Waals surface area contributed by atoms with Crippen molar-refractivity contribution >= 4 is 0 Å². The minimum atomic E-state index is -0.108. The molecule has 0 spiro atoms. The summed E-state index contributed by atoms with van der Waals surface area (Å²) in [7, 11) is 0. The van der Waals surface area contributed by atoms with Crippen molar-refractivity contribution < 1.29 is 5.11 Å². The van der Waals surface area contributed by atoms with Crippen LogP contribution in [0.2, 0.25) is 0 Å². The molecular weight excluding hydrogens is 232 g/mol. The summed E-state index contributed by atoms with van der Waals surface area (Å²) in [6.07, 6.45) is 4.13. The highest BCUT2D eigenvalue weighted by molar-refractivity contribution is 5.30. The van der Waals surface area contributed by atoms with Crippen molar-refractivity contribution in [3.8, 4) is 0 Å². The summed E-state index contributed by atoms with van der Waals surface area (Å²) in [6.45, 7) is 8.95. The molecule has 0 radical (unpaired) electrons. The fourth-order valence-electron chi connectivity index (χ4n) is 3.80. The van der Waals surface area contributed by atoms with Gasteiger partial charge >= 0.3 is 0 Å². The van der Waals surface area contributed by atoms with E-state index < -0.39 is 0 Å². The van der Waals surface area contributed by atoms with Crippen LogP contribution < -0.4 is 0 Å². The third-order valence-corrected chi connectivity index (χ3v) is 5.16. The Balaban J connectivity index is 2.15. The van der Waals surface area contributed by atoms with Crippen LogP contribution in [0.25, 0.3) is 0 Å². The van der Waals surface area contributed by atoms with E-state index in [4.69, 9.17) is 0 Å². The molecule has 19 heavy (non-hydrogen) atoms. The Morgan fingerprint density at radius 2 is 1.74 bits per heavy atom. The first kappa shape index (κ1) is 14.6. The molecule has 2 rings (SSSR count). The summed E-state index contributed by atoms with van der Waals surface area (Å²) in [4.78, 5) is 0. The average molecular weight is 260 g/mol. The van der Waals surface area contributed by atoms with Crippen molar-refractivity contribution in [2.45, 2.75) is 65.4 Å². The Kier molecular flexibility index (Phi) is 4.35. The van der Waals surface area contributed by atoms with Gasteiger partial charge in [0, 0.05) is 5.41 Å². The quantitative estimate of drug-likeness (QED) is 0.824. The molecule has 106 valence electrons. The predicted molar refractivity (Wildman–Crippen MR) is 81.4 cm³/mol. The largest absolute Gasteiger partial charge is 0.393 e. The monoisotopic (exact) mass is 260 g/mol. The van der Waals surface area contributed by atoms with Gasteiger partial charge in [-0.25, -0.2) is 0 Å². The molecule has 1 aliphatic carbocycles. The SMILES string of the molecule is CCC1(CC)C(O)CC1c1ccc(CC(C)C)cc1. The molecule has 0 heterocycles. The maximum absolute atomic E-state index is 10.2. The highest BCUT2D eigenvalue weighted by atomic mass is 16.3. The first-order valence-corrected chi connectivity index (χ1v) is 7.80. The van der Waals surface area contributed by atoms with Crippen LogP contribution in [0, 0.1) is 11.3 Å². The molecule has 2 unspecified atom stereocenters. The molecule has 1 aromatic rings. The van der Waals surface area contributed by atoms with Gasteiger partial charge in [0.2, 0.25) is 0 Å². The highest BCUT2D eigenvalue weighted by Gasteiger charge is 2.52. The van der Waals surface area contributed by atoms with Crippen molar-refractivity contribution in [3.05, 3.63) is 35.4 Å². The van der Waals surface area contributed by atoms with Crippen molar-refractivity contribution in [1.82, 2.24) is 0 Å². The number of hydrogen-bond donors (Lipinski definition) is 1. The van der Waals surface area contributed by atoms with E-state index in [0.717, 1.165) is 25.7 Å². The molecule has 0 amide bonds. The molecule has 1 fully saturated rings. The third-order valence-electron chi connectivity index (χ3n) is 5.16. The smallest absolute Gasteiger partial charge is 0.0608 e. The Morgan fingerprint density at radius 1 is 1.16 bits per heavy atom. The summed E-state index contributed by atoms with van der Waals surface area (Å²) in [5.41, 5.74) is 2.97. The van der Waals surface area contributed by atoms with Crippen LogP contribution >= 0.6 is 0 Å². The Bertz CT molecular complexity index is 400. The van der Waals surface area contributed by atoms with Gasteiger partial charge < -0.3 is 5.11 Å². The van der Waals surface area contributed by atoms with Gasteiger partial charge in [-0.15, -0.1) is 0 Å². The zero-order chi connectivity index (χ0) is 14.0. The minimum Gasteiger partial charge on any atom is -0.393 e. The maximum Gasteiger partial charge on any atom is 0.0608 e. The van der Waals surface area contributed by atoms with Gasteiger partial charge in [-0.1, -0.05) is 52.0 Å². The van der Waals surface area contributed by atoms with E-state index in [1.54, 1.807) is 0 Å². The molecule has 0 bridgehead atoms. The lowest BCUT2D eigenvalue weighted by Gasteiger charge is -2.54. The zero-order valence-electron chi connectivity index (χ0n) is 12.8. The van der Waals surface area contributed by atoms with Crippen LogP contribution in [0.3, 0.4) is 0 Å². The molecule has 2 atom stereocenters. The zero-order valence-corrected chi connectivity index (χ0v) is 12.8. The lowest BCUT2D eigenvalue weighted by molar-refractivity contribution is -0.0932. The van der Waals surface area contributed by atoms with E-state index in [2.05, 4.69) is 52.0 Å². The Hall–Kier alpha value is -0.820. The van der Waals surface area contributed by atoms with Crippen LogP contribution in [0.15, 0.2) is 24.3 Å². The molecule has 1 heteroatoms. The van der Waals surface area contributed by atoms with E-state index in [1.807, 2.05) is 0 Å². The van der Waals surface area contributed by atoms with Crippen molar-refractivity contribution in [3.63, 3.8) is 0 Å². The van der Waals surface area contributed by atoms with Crippen LogP contribution in [0.5, 0.6) is 0 Å². The standard InChI is InChI=1S/C18H28O/c1-5-18(6-2)16(12-17(18)19)15-9-7-14(8-10-15)11-13(3)4/h7-10,13,16-17,19H,5-6,11-12H2,1-4H3. The van der Waals surface area contributed by atoms with Gasteiger partial charge in [0.15, 0.2) is 0 Å². The van der Waals surface area contributed by atoms with E-state index >= 15 is 0 Å². The highest BCUT2D eigenvalue weighted by Crippen LogP contribution is 2.57. The molecule has 0 aromatic heterocycles. The normalized spacial score (nSPS) is 25.4. The van der Waals surface area contributed by atoms with Crippen LogP contribution in [0.4, 0.5) is 0 Å². The molecule has 1 nitrogen and oxygen atoms in total. The molecule has 1 aliphatic rings. The summed E-state index contributed by atoms with van der Waals surface area (Å²) in [6, 6.07) is 9.12. The fraction of sp³-hybridized carbons (Fsp3) is 0.667. The minimum absolute atomic E-state index is 0.108. The second-order valence-corrected chi connectivity index (χ2v) is 6.58. The number of aliphatic hydroxyl groups is 1. The number of benzene rings is 1. The second kappa shape index (κ2) is 5.66. The number of aliphatic hydroxyl groups excluding tert-OH is 1. The van der Waals surface area contributed by atoms with E-state index in [9.17, 15) is 5.11 Å². The summed E-state index contributed by atoms with van der Waals surface area (Å²) in [5, 5.41) is 10.2. The molecule has 1 aromatic carbocycles. The van der Waals surface area contributed by atoms with Gasteiger partial charge in [0.05, 0.1) is 6.10 Å². The van der Waals surface area contributed by atoms with E-state index in [0.29, 0.717) is 11.8 Å². The van der Waals surface area contributed by atoms with Gasteiger partial charge in [0.1, 0.15) is 0 Å². The number of hydrogen-bond acceptors (Lipinski definition) is 1. The summed E-state index contributed by atoms with van der Waals surface area (Å²) < 4.78 is 0. The molecule has 1 N–H and O–H groups in total. The average Bonchev–Trinajstić information content (AvgIpc) is 2.38. The van der Waals surface area contributed by atoms with E-state index in [-0.39, 0.29) is 11.5 Å². The van der Waals surface area contributed by atoms with Crippen molar-refractivity contribution in [2.24, 2.45) is 11.3 Å². The van der Waals surface area contributed by atoms with Gasteiger partial charge in [-0.3, -0.25) is 0 Å². The van der Waals surface area contributed by atoms with Crippen LogP contribution in [-0.2, 0) is 6.42 Å². The Labute approximate surface area is 118 Å². The molecular formula is C18H28O. The summed E-state index contributed by atoms with van der Waals surface area (Å²) >= 11 is 0. The first-order chi connectivity index (χ1) is 9.03. The van der Waals surface area contributed by atoms with Gasteiger partial charge in [0.25, 0.3) is 0 Å². The third kappa shape index (κ3) is 2.58. The predicted octanol–water partition coefficient (Wildman–Crippen LogP) is 4.54. The molecule has 1 saturated carbocycles.